The molecular weight excluding hydrogens is 335 g/mol. The van der Waals surface area contributed by atoms with Crippen LogP contribution in [0.5, 0.6) is 0 Å². The average molecular weight is 352 g/mol. The highest BCUT2D eigenvalue weighted by Crippen LogP contribution is 2.32. The van der Waals surface area contributed by atoms with Crippen molar-refractivity contribution in [3.05, 3.63) is 50.9 Å². The van der Waals surface area contributed by atoms with Crippen molar-refractivity contribution in [2.45, 2.75) is 32.2 Å². The lowest BCUT2D eigenvalue weighted by atomic mass is 9.93. The summed E-state index contributed by atoms with van der Waals surface area (Å²) < 4.78 is 3.64. The van der Waals surface area contributed by atoms with Crippen LogP contribution in [0.1, 0.15) is 35.7 Å². The van der Waals surface area contributed by atoms with E-state index in [0.717, 1.165) is 12.8 Å². The van der Waals surface area contributed by atoms with E-state index in [1.165, 1.54) is 32.5 Å². The maximum atomic E-state index is 6.19. The van der Waals surface area contributed by atoms with Crippen LogP contribution in [0, 0.1) is 10.5 Å². The van der Waals surface area contributed by atoms with Crippen LogP contribution in [-0.4, -0.2) is 4.57 Å². The molecule has 2 N–H and O–H groups in total. The van der Waals surface area contributed by atoms with E-state index in [1.807, 2.05) is 0 Å². The first-order valence-corrected chi connectivity index (χ1v) is 7.47. The van der Waals surface area contributed by atoms with Crippen LogP contribution in [0.25, 0.3) is 5.69 Å². The molecule has 1 aromatic carbocycles. The predicted octanol–water partition coefficient (Wildman–Crippen LogP) is 3.73. The Labute approximate surface area is 121 Å². The van der Waals surface area contributed by atoms with Crippen molar-refractivity contribution < 1.29 is 0 Å². The van der Waals surface area contributed by atoms with E-state index in [2.05, 4.69) is 64.5 Å². The molecule has 18 heavy (non-hydrogen) atoms. The van der Waals surface area contributed by atoms with Crippen molar-refractivity contribution in [3.63, 3.8) is 0 Å². The predicted molar refractivity (Wildman–Crippen MR) is 83.1 cm³/mol. The second kappa shape index (κ2) is 4.70. The number of rotatable bonds is 1. The molecule has 0 aliphatic heterocycles. The van der Waals surface area contributed by atoms with Gasteiger partial charge in [0.15, 0.2) is 0 Å². The van der Waals surface area contributed by atoms with Crippen molar-refractivity contribution in [2.75, 3.05) is 0 Å². The minimum Gasteiger partial charge on any atom is -0.324 e. The zero-order valence-corrected chi connectivity index (χ0v) is 12.6. The number of aromatic nitrogens is 1. The molecule has 0 spiro atoms. The highest BCUT2D eigenvalue weighted by molar-refractivity contribution is 14.1. The molecule has 1 aliphatic carbocycles. The first-order chi connectivity index (χ1) is 8.68. The number of nitrogens with two attached hydrogens (primary N) is 1. The molecule has 1 aliphatic rings. The van der Waals surface area contributed by atoms with Crippen LogP contribution in [-0.2, 0) is 6.42 Å². The molecule has 3 heteroatoms. The monoisotopic (exact) mass is 352 g/mol. The van der Waals surface area contributed by atoms with Crippen molar-refractivity contribution in [2.24, 2.45) is 5.73 Å². The molecule has 1 atom stereocenters. The fourth-order valence-corrected chi connectivity index (χ4v) is 3.29. The van der Waals surface area contributed by atoms with Gasteiger partial charge in [-0.15, -0.1) is 0 Å². The van der Waals surface area contributed by atoms with E-state index in [-0.39, 0.29) is 6.04 Å². The number of nitrogens with zero attached hydrogens (tertiary/aromatic N) is 1. The molecule has 2 nitrogen and oxygen atoms in total. The summed E-state index contributed by atoms with van der Waals surface area (Å²) in [7, 11) is 0. The van der Waals surface area contributed by atoms with Crippen molar-refractivity contribution in [1.29, 1.82) is 0 Å². The fraction of sp³-hybridized carbons (Fsp3) is 0.333. The molecule has 2 aromatic rings. The van der Waals surface area contributed by atoms with Gasteiger partial charge in [0.2, 0.25) is 0 Å². The number of halogens is 1. The van der Waals surface area contributed by atoms with Gasteiger partial charge >= 0.3 is 0 Å². The summed E-state index contributed by atoms with van der Waals surface area (Å²) in [5, 5.41) is 0. The molecule has 0 saturated heterocycles. The Morgan fingerprint density at radius 1 is 1.33 bits per heavy atom. The highest BCUT2D eigenvalue weighted by Gasteiger charge is 2.21. The third kappa shape index (κ3) is 1.89. The molecule has 0 radical (unpaired) electrons. The first kappa shape index (κ1) is 12.2. The average Bonchev–Trinajstić information content (AvgIpc) is 2.78. The van der Waals surface area contributed by atoms with Gasteiger partial charge in [0.1, 0.15) is 0 Å². The lowest BCUT2D eigenvalue weighted by molar-refractivity contribution is 0.560. The summed E-state index contributed by atoms with van der Waals surface area (Å²) in [6.07, 6.45) is 5.62. The second-order valence-corrected chi connectivity index (χ2v) is 6.13. The molecule has 0 amide bonds. The molecule has 94 valence electrons. The van der Waals surface area contributed by atoms with Gasteiger partial charge in [0.25, 0.3) is 0 Å². The number of benzene rings is 1. The molecular formula is C15H17IN2. The Hall–Kier alpha value is -0.810. The number of fused-ring (bicyclic) bond motifs is 1. The SMILES string of the molecule is Cc1c(I)cccc1-n1ccc2c1CCCC2N. The standard InChI is InChI=1S/C15H17IN2/c1-10-12(16)4-2-6-14(10)18-9-8-11-13(17)5-3-7-15(11)18/h2,4,6,8-9,13H,3,5,7,17H2,1H3. The normalized spacial score (nSPS) is 18.7. The summed E-state index contributed by atoms with van der Waals surface area (Å²) in [4.78, 5) is 0. The second-order valence-electron chi connectivity index (χ2n) is 4.97. The van der Waals surface area contributed by atoms with E-state index in [9.17, 15) is 0 Å². The highest BCUT2D eigenvalue weighted by atomic mass is 127. The Kier molecular flexibility index (Phi) is 3.20. The Balaban J connectivity index is 2.16. The third-order valence-electron chi connectivity index (χ3n) is 3.85. The zero-order chi connectivity index (χ0) is 12.7. The topological polar surface area (TPSA) is 30.9 Å². The molecule has 1 heterocycles. The summed E-state index contributed by atoms with van der Waals surface area (Å²) >= 11 is 2.40. The summed E-state index contributed by atoms with van der Waals surface area (Å²) in [5.41, 5.74) is 11.6. The molecule has 0 saturated carbocycles. The Bertz CT molecular complexity index is 586. The van der Waals surface area contributed by atoms with Gasteiger partial charge in [0.05, 0.1) is 0 Å². The van der Waals surface area contributed by atoms with Crippen LogP contribution < -0.4 is 5.73 Å². The van der Waals surface area contributed by atoms with Crippen LogP contribution >= 0.6 is 22.6 Å². The minimum absolute atomic E-state index is 0.220. The van der Waals surface area contributed by atoms with Crippen LogP contribution in [0.2, 0.25) is 0 Å². The molecule has 1 aromatic heterocycles. The minimum atomic E-state index is 0.220. The lowest BCUT2D eigenvalue weighted by Crippen LogP contribution is -2.18. The van der Waals surface area contributed by atoms with Crippen LogP contribution in [0.3, 0.4) is 0 Å². The van der Waals surface area contributed by atoms with Crippen LogP contribution in [0.15, 0.2) is 30.5 Å². The van der Waals surface area contributed by atoms with Crippen molar-refractivity contribution in [1.82, 2.24) is 4.57 Å². The largest absolute Gasteiger partial charge is 0.324 e. The lowest BCUT2D eigenvalue weighted by Gasteiger charge is -2.21. The van der Waals surface area contributed by atoms with Gasteiger partial charge in [-0.1, -0.05) is 6.07 Å². The molecule has 3 rings (SSSR count). The van der Waals surface area contributed by atoms with Gasteiger partial charge in [-0.2, -0.15) is 0 Å². The molecule has 1 unspecified atom stereocenters. The van der Waals surface area contributed by atoms with E-state index in [1.54, 1.807) is 0 Å². The zero-order valence-electron chi connectivity index (χ0n) is 10.5. The summed E-state index contributed by atoms with van der Waals surface area (Å²) in [6, 6.07) is 8.88. The number of hydrogen-bond acceptors (Lipinski definition) is 1. The van der Waals surface area contributed by atoms with Crippen LogP contribution in [0.4, 0.5) is 0 Å². The van der Waals surface area contributed by atoms with Gasteiger partial charge in [-0.05, 0) is 78.1 Å². The summed E-state index contributed by atoms with van der Waals surface area (Å²) in [6.45, 7) is 2.19. The van der Waals surface area contributed by atoms with E-state index in [4.69, 9.17) is 5.73 Å². The number of hydrogen-bond donors (Lipinski definition) is 1. The van der Waals surface area contributed by atoms with Gasteiger partial charge in [-0.25, -0.2) is 0 Å². The van der Waals surface area contributed by atoms with Crippen molar-refractivity contribution >= 4 is 22.6 Å². The van der Waals surface area contributed by atoms with E-state index in [0.29, 0.717) is 0 Å². The van der Waals surface area contributed by atoms with Gasteiger partial charge in [-0.3, -0.25) is 0 Å². The Morgan fingerprint density at radius 2 is 2.17 bits per heavy atom. The van der Waals surface area contributed by atoms with E-state index < -0.39 is 0 Å². The fourth-order valence-electron chi connectivity index (χ4n) is 2.81. The van der Waals surface area contributed by atoms with Gasteiger partial charge in [0, 0.05) is 27.2 Å². The first-order valence-electron chi connectivity index (χ1n) is 6.39. The Morgan fingerprint density at radius 3 is 3.00 bits per heavy atom. The molecule has 0 bridgehead atoms. The third-order valence-corrected chi connectivity index (χ3v) is 5.02. The quantitative estimate of drug-likeness (QED) is 0.779. The molecule has 0 fully saturated rings. The smallest absolute Gasteiger partial charge is 0.0492 e. The summed E-state index contributed by atoms with van der Waals surface area (Å²) in [5.74, 6) is 0. The van der Waals surface area contributed by atoms with E-state index >= 15 is 0 Å². The maximum Gasteiger partial charge on any atom is 0.0492 e. The van der Waals surface area contributed by atoms with Gasteiger partial charge < -0.3 is 10.3 Å². The van der Waals surface area contributed by atoms with Crippen molar-refractivity contribution in [3.8, 4) is 5.69 Å². The maximum absolute atomic E-state index is 6.19.